The van der Waals surface area contributed by atoms with Crippen molar-refractivity contribution in [2.75, 3.05) is 0 Å². The Kier molecular flexibility index (Phi) is 4.51. The number of benzene rings is 2. The highest BCUT2D eigenvalue weighted by Gasteiger charge is 2.41. The van der Waals surface area contributed by atoms with Gasteiger partial charge in [-0.05, 0) is 18.2 Å². The van der Waals surface area contributed by atoms with E-state index >= 15 is 0 Å². The van der Waals surface area contributed by atoms with Crippen molar-refractivity contribution in [1.82, 2.24) is 9.55 Å². The highest BCUT2D eigenvalue weighted by molar-refractivity contribution is 6.31. The Balaban J connectivity index is 2.28. The predicted molar refractivity (Wildman–Crippen MR) is 87.4 cm³/mol. The summed E-state index contributed by atoms with van der Waals surface area (Å²) in [7, 11) is 0. The molecule has 0 radical (unpaired) electrons. The van der Waals surface area contributed by atoms with Gasteiger partial charge in [0.15, 0.2) is 0 Å². The summed E-state index contributed by atoms with van der Waals surface area (Å²) in [5.74, 6) is -4.35. The minimum Gasteiger partial charge on any atom is -0.286 e. The van der Waals surface area contributed by atoms with Crippen molar-refractivity contribution >= 4 is 22.5 Å². The van der Waals surface area contributed by atoms with Crippen LogP contribution < -0.4 is 5.69 Å². The van der Waals surface area contributed by atoms with Gasteiger partial charge in [-0.25, -0.2) is 13.6 Å². The first-order valence-corrected chi connectivity index (χ1v) is 7.59. The molecule has 3 rings (SSSR count). The molecule has 0 aliphatic heterocycles. The maximum atomic E-state index is 13.5. The first-order chi connectivity index (χ1) is 11.8. The Labute approximate surface area is 144 Å². The second-order valence-electron chi connectivity index (χ2n) is 5.42. The molecule has 0 fully saturated rings. The molecule has 0 amide bonds. The van der Waals surface area contributed by atoms with Crippen molar-refractivity contribution < 1.29 is 17.6 Å². The van der Waals surface area contributed by atoms with E-state index < -0.39 is 24.6 Å². The van der Waals surface area contributed by atoms with Crippen LogP contribution in [0, 0.1) is 0 Å². The first-order valence-electron chi connectivity index (χ1n) is 7.21. The van der Waals surface area contributed by atoms with E-state index in [0.29, 0.717) is 20.5 Å². The van der Waals surface area contributed by atoms with Crippen LogP contribution in [0.4, 0.5) is 17.6 Å². The molecule has 0 aliphatic carbocycles. The molecule has 0 aliphatic rings. The van der Waals surface area contributed by atoms with Crippen LogP contribution in [0.15, 0.2) is 53.3 Å². The number of aromatic nitrogens is 2. The van der Waals surface area contributed by atoms with Gasteiger partial charge in [0.25, 0.3) is 0 Å². The van der Waals surface area contributed by atoms with Crippen molar-refractivity contribution in [2.45, 2.75) is 18.9 Å². The van der Waals surface area contributed by atoms with Gasteiger partial charge >= 0.3 is 18.0 Å². The quantitative estimate of drug-likeness (QED) is 0.628. The molecule has 8 heteroatoms. The van der Waals surface area contributed by atoms with E-state index in [-0.39, 0.29) is 11.2 Å². The molecular formula is C17H11ClF4N2O. The van der Waals surface area contributed by atoms with Crippen LogP contribution in [0.25, 0.3) is 22.2 Å². The van der Waals surface area contributed by atoms with E-state index in [2.05, 4.69) is 4.98 Å². The maximum absolute atomic E-state index is 13.5. The molecule has 130 valence electrons. The van der Waals surface area contributed by atoms with E-state index in [1.54, 1.807) is 30.3 Å². The number of hydrogen-bond acceptors (Lipinski definition) is 2. The lowest BCUT2D eigenvalue weighted by atomic mass is 10.1. The fourth-order valence-corrected chi connectivity index (χ4v) is 2.67. The van der Waals surface area contributed by atoms with Gasteiger partial charge in [-0.3, -0.25) is 4.57 Å². The average Bonchev–Trinajstić information content (AvgIpc) is 2.57. The zero-order valence-corrected chi connectivity index (χ0v) is 13.4. The second kappa shape index (κ2) is 6.48. The number of rotatable bonds is 4. The van der Waals surface area contributed by atoms with Crippen LogP contribution in [-0.4, -0.2) is 21.9 Å². The lowest BCUT2D eigenvalue weighted by Gasteiger charge is -2.19. The van der Waals surface area contributed by atoms with Crippen molar-refractivity contribution in [3.63, 3.8) is 0 Å². The predicted octanol–water partition coefficient (Wildman–Crippen LogP) is 4.62. The molecule has 0 saturated heterocycles. The smallest absolute Gasteiger partial charge is 0.286 e. The van der Waals surface area contributed by atoms with E-state index in [1.165, 1.54) is 18.2 Å². The Morgan fingerprint density at radius 1 is 1.12 bits per heavy atom. The van der Waals surface area contributed by atoms with Gasteiger partial charge in [-0.2, -0.15) is 13.8 Å². The highest BCUT2D eigenvalue weighted by atomic mass is 35.5. The van der Waals surface area contributed by atoms with Gasteiger partial charge in [0.1, 0.15) is 0 Å². The summed E-state index contributed by atoms with van der Waals surface area (Å²) in [6, 6.07) is 12.8. The molecule has 0 N–H and O–H groups in total. The summed E-state index contributed by atoms with van der Waals surface area (Å²) in [4.78, 5) is 16.1. The summed E-state index contributed by atoms with van der Waals surface area (Å²) < 4.78 is 52.6. The van der Waals surface area contributed by atoms with Crippen molar-refractivity contribution in [2.24, 2.45) is 0 Å². The van der Waals surface area contributed by atoms with Gasteiger partial charge in [0.2, 0.25) is 0 Å². The fraction of sp³-hybridized carbons (Fsp3) is 0.176. The first kappa shape index (κ1) is 17.4. The molecule has 0 spiro atoms. The van der Waals surface area contributed by atoms with Crippen LogP contribution in [-0.2, 0) is 6.54 Å². The molecule has 0 atom stereocenters. The zero-order valence-electron chi connectivity index (χ0n) is 12.6. The average molecular weight is 371 g/mol. The van der Waals surface area contributed by atoms with Gasteiger partial charge in [0.05, 0.1) is 17.8 Å². The number of alkyl halides is 4. The van der Waals surface area contributed by atoms with Gasteiger partial charge in [-0.1, -0.05) is 41.9 Å². The Hall–Kier alpha value is -2.41. The SMILES string of the molecule is O=c1nc(-c2ccccc2)c2cc(Cl)ccc2n1CC(F)(F)C(F)F. The molecule has 3 nitrogen and oxygen atoms in total. The summed E-state index contributed by atoms with van der Waals surface area (Å²) in [6.07, 6.45) is -3.89. The lowest BCUT2D eigenvalue weighted by Crippen LogP contribution is -2.37. The summed E-state index contributed by atoms with van der Waals surface area (Å²) in [5, 5.41) is 0.626. The molecule has 0 unspecified atom stereocenters. The highest BCUT2D eigenvalue weighted by Crippen LogP contribution is 2.30. The molecule has 25 heavy (non-hydrogen) atoms. The molecule has 0 saturated carbocycles. The molecule has 3 aromatic rings. The third kappa shape index (κ3) is 3.37. The monoisotopic (exact) mass is 370 g/mol. The van der Waals surface area contributed by atoms with Crippen LogP contribution >= 0.6 is 11.6 Å². The van der Waals surface area contributed by atoms with E-state index in [1.807, 2.05) is 0 Å². The number of fused-ring (bicyclic) bond motifs is 1. The number of nitrogens with zero attached hydrogens (tertiary/aromatic N) is 2. The largest absolute Gasteiger partial charge is 0.348 e. The molecular weight excluding hydrogens is 360 g/mol. The van der Waals surface area contributed by atoms with Crippen LogP contribution in [0.1, 0.15) is 0 Å². The third-order valence-corrected chi connectivity index (χ3v) is 3.91. The topological polar surface area (TPSA) is 34.9 Å². The lowest BCUT2D eigenvalue weighted by molar-refractivity contribution is -0.137. The van der Waals surface area contributed by atoms with Crippen molar-refractivity contribution in [1.29, 1.82) is 0 Å². The summed E-state index contributed by atoms with van der Waals surface area (Å²) in [5.41, 5.74) is -0.142. The van der Waals surface area contributed by atoms with E-state index in [0.717, 1.165) is 0 Å². The summed E-state index contributed by atoms with van der Waals surface area (Å²) in [6.45, 7) is -1.47. The zero-order chi connectivity index (χ0) is 18.2. The summed E-state index contributed by atoms with van der Waals surface area (Å²) >= 11 is 5.97. The van der Waals surface area contributed by atoms with Crippen LogP contribution in [0.3, 0.4) is 0 Å². The second-order valence-corrected chi connectivity index (χ2v) is 5.85. The Morgan fingerprint density at radius 2 is 1.80 bits per heavy atom. The van der Waals surface area contributed by atoms with Crippen molar-refractivity contribution in [3.8, 4) is 11.3 Å². The minimum absolute atomic E-state index is 0.0589. The Morgan fingerprint density at radius 3 is 2.44 bits per heavy atom. The van der Waals surface area contributed by atoms with E-state index in [9.17, 15) is 22.4 Å². The molecule has 1 aromatic heterocycles. The molecule has 0 bridgehead atoms. The minimum atomic E-state index is -4.35. The van der Waals surface area contributed by atoms with Crippen molar-refractivity contribution in [3.05, 3.63) is 64.0 Å². The third-order valence-electron chi connectivity index (χ3n) is 3.68. The number of hydrogen-bond donors (Lipinski definition) is 0. The molecule has 1 heterocycles. The van der Waals surface area contributed by atoms with Gasteiger partial charge < -0.3 is 0 Å². The molecule has 2 aromatic carbocycles. The Bertz CT molecular complexity index is 974. The maximum Gasteiger partial charge on any atom is 0.348 e. The van der Waals surface area contributed by atoms with E-state index in [4.69, 9.17) is 11.6 Å². The standard InChI is InChI=1S/C17H11ClF4N2O/c18-11-6-7-13-12(8-11)14(10-4-2-1-3-5-10)23-16(25)24(13)9-17(21,22)15(19)20/h1-8,15H,9H2. The van der Waals surface area contributed by atoms with Gasteiger partial charge in [-0.15, -0.1) is 0 Å². The van der Waals surface area contributed by atoms with Crippen LogP contribution in [0.5, 0.6) is 0 Å². The number of halogens is 5. The fourth-order valence-electron chi connectivity index (χ4n) is 2.50. The van der Waals surface area contributed by atoms with Crippen LogP contribution in [0.2, 0.25) is 5.02 Å². The van der Waals surface area contributed by atoms with Gasteiger partial charge in [0, 0.05) is 16.0 Å². The normalized spacial score (nSPS) is 12.1.